The summed E-state index contributed by atoms with van der Waals surface area (Å²) in [6, 6.07) is 11.0. The van der Waals surface area contributed by atoms with E-state index in [-0.39, 0.29) is 24.0 Å². The first kappa shape index (κ1) is 17.6. The highest BCUT2D eigenvalue weighted by atomic mass is 127. The number of halogens is 1. The molecule has 0 saturated heterocycles. The zero-order valence-electron chi connectivity index (χ0n) is 12.1. The number of nitrogens with zero attached hydrogens (tertiary/aromatic N) is 1. The molecule has 2 atom stereocenters. The van der Waals surface area contributed by atoms with E-state index in [1.807, 2.05) is 24.9 Å². The molecule has 2 unspecified atom stereocenters. The van der Waals surface area contributed by atoms with Crippen molar-refractivity contribution in [3.63, 3.8) is 0 Å². The van der Waals surface area contributed by atoms with E-state index in [0.717, 1.165) is 17.8 Å². The van der Waals surface area contributed by atoms with Gasteiger partial charge >= 0.3 is 0 Å². The van der Waals surface area contributed by atoms with Gasteiger partial charge in [0, 0.05) is 24.9 Å². The second kappa shape index (κ2) is 9.50. The molecule has 0 radical (unpaired) electrons. The van der Waals surface area contributed by atoms with Crippen LogP contribution >= 0.6 is 35.7 Å². The topological polar surface area (TPSA) is 36.4 Å². The summed E-state index contributed by atoms with van der Waals surface area (Å²) in [5.41, 5.74) is 1.28. The highest BCUT2D eigenvalue weighted by molar-refractivity contribution is 14.0. The first-order chi connectivity index (χ1) is 9.31. The molecule has 112 valence electrons. The van der Waals surface area contributed by atoms with E-state index in [2.05, 4.69) is 46.1 Å². The maximum atomic E-state index is 4.31. The second-order valence-electron chi connectivity index (χ2n) is 4.92. The molecule has 2 rings (SSSR count). The molecule has 0 bridgehead atoms. The van der Waals surface area contributed by atoms with Crippen LogP contribution in [0.4, 0.5) is 0 Å². The minimum absolute atomic E-state index is 0. The van der Waals surface area contributed by atoms with E-state index in [9.17, 15) is 0 Å². The first-order valence-corrected chi connectivity index (χ1v) is 8.14. The van der Waals surface area contributed by atoms with Gasteiger partial charge in [-0.3, -0.25) is 4.99 Å². The Kier molecular flexibility index (Phi) is 8.37. The summed E-state index contributed by atoms with van der Waals surface area (Å²) in [6.07, 6.45) is 6.01. The van der Waals surface area contributed by atoms with Gasteiger partial charge in [-0.2, -0.15) is 11.8 Å². The van der Waals surface area contributed by atoms with Crippen molar-refractivity contribution >= 4 is 41.7 Å². The van der Waals surface area contributed by atoms with Crippen LogP contribution in [-0.2, 0) is 6.54 Å². The summed E-state index contributed by atoms with van der Waals surface area (Å²) in [4.78, 5) is 4.31. The van der Waals surface area contributed by atoms with Gasteiger partial charge in [-0.15, -0.1) is 24.0 Å². The third kappa shape index (κ3) is 5.52. The minimum Gasteiger partial charge on any atom is -0.354 e. The molecule has 0 heterocycles. The Morgan fingerprint density at radius 1 is 1.30 bits per heavy atom. The van der Waals surface area contributed by atoms with E-state index in [0.29, 0.717) is 6.04 Å². The fourth-order valence-electron chi connectivity index (χ4n) is 2.45. The average Bonchev–Trinajstić information content (AvgIpc) is 2.92. The van der Waals surface area contributed by atoms with Crippen molar-refractivity contribution in [2.75, 3.05) is 13.3 Å². The lowest BCUT2D eigenvalue weighted by Crippen LogP contribution is -2.42. The van der Waals surface area contributed by atoms with Gasteiger partial charge in [0.2, 0.25) is 0 Å². The average molecular weight is 405 g/mol. The lowest BCUT2D eigenvalue weighted by Gasteiger charge is -2.17. The number of nitrogens with one attached hydrogen (secondary N) is 2. The standard InChI is InChI=1S/C15H23N3S.HI/c1-16-15(17-11-12-6-4-3-5-7-12)18-13-8-9-14(10-13)19-2;/h3-7,13-14H,8-11H2,1-2H3,(H2,16,17,18);1H. The Hall–Kier alpha value is -0.430. The fraction of sp³-hybridized carbons (Fsp3) is 0.533. The van der Waals surface area contributed by atoms with Crippen molar-refractivity contribution < 1.29 is 0 Å². The Labute approximate surface area is 143 Å². The summed E-state index contributed by atoms with van der Waals surface area (Å²) in [6.45, 7) is 0.819. The van der Waals surface area contributed by atoms with Crippen molar-refractivity contribution in [1.82, 2.24) is 10.6 Å². The summed E-state index contributed by atoms with van der Waals surface area (Å²) >= 11 is 1.98. The van der Waals surface area contributed by atoms with Crippen LogP contribution in [0.2, 0.25) is 0 Å². The second-order valence-corrected chi connectivity index (χ2v) is 6.06. The van der Waals surface area contributed by atoms with Crippen molar-refractivity contribution in [3.8, 4) is 0 Å². The highest BCUT2D eigenvalue weighted by Crippen LogP contribution is 2.27. The molecule has 3 nitrogen and oxygen atoms in total. The number of benzene rings is 1. The lowest BCUT2D eigenvalue weighted by atomic mass is 10.2. The van der Waals surface area contributed by atoms with Crippen LogP contribution in [0.25, 0.3) is 0 Å². The SMILES string of the molecule is CN=C(NCc1ccccc1)NC1CCC(SC)C1.I. The summed E-state index contributed by atoms with van der Waals surface area (Å²) < 4.78 is 0. The number of rotatable bonds is 4. The van der Waals surface area contributed by atoms with Gasteiger partial charge in [0.05, 0.1) is 0 Å². The zero-order chi connectivity index (χ0) is 13.5. The van der Waals surface area contributed by atoms with Gasteiger partial charge in [-0.05, 0) is 31.1 Å². The Bertz CT molecular complexity index is 411. The van der Waals surface area contributed by atoms with Crippen LogP contribution in [0.5, 0.6) is 0 Å². The molecular formula is C15H24IN3S. The largest absolute Gasteiger partial charge is 0.354 e. The van der Waals surface area contributed by atoms with Crippen molar-refractivity contribution in [1.29, 1.82) is 0 Å². The van der Waals surface area contributed by atoms with E-state index in [1.54, 1.807) is 0 Å². The molecular weight excluding hydrogens is 381 g/mol. The van der Waals surface area contributed by atoms with Crippen molar-refractivity contribution in [2.24, 2.45) is 4.99 Å². The predicted octanol–water partition coefficient (Wildman–Crippen LogP) is 3.25. The molecule has 5 heteroatoms. The minimum atomic E-state index is 0. The molecule has 1 aromatic carbocycles. The molecule has 1 aromatic rings. The molecule has 0 aromatic heterocycles. The third-order valence-corrected chi connectivity index (χ3v) is 4.68. The number of thioether (sulfide) groups is 1. The van der Waals surface area contributed by atoms with Crippen molar-refractivity contribution in [3.05, 3.63) is 35.9 Å². The fourth-order valence-corrected chi connectivity index (χ4v) is 3.25. The molecule has 1 fully saturated rings. The van der Waals surface area contributed by atoms with Gasteiger partial charge in [0.15, 0.2) is 5.96 Å². The van der Waals surface area contributed by atoms with Crippen LogP contribution in [0.3, 0.4) is 0 Å². The van der Waals surface area contributed by atoms with Crippen LogP contribution in [-0.4, -0.2) is 30.6 Å². The van der Waals surface area contributed by atoms with Crippen LogP contribution in [0.15, 0.2) is 35.3 Å². The van der Waals surface area contributed by atoms with Gasteiger partial charge in [0.1, 0.15) is 0 Å². The van der Waals surface area contributed by atoms with E-state index in [1.165, 1.54) is 24.8 Å². The van der Waals surface area contributed by atoms with Gasteiger partial charge < -0.3 is 10.6 Å². The number of guanidine groups is 1. The summed E-state index contributed by atoms with van der Waals surface area (Å²) in [5, 5.41) is 7.71. The van der Waals surface area contributed by atoms with Gasteiger partial charge in [-0.25, -0.2) is 0 Å². The molecule has 0 aliphatic heterocycles. The van der Waals surface area contributed by atoms with Crippen LogP contribution in [0, 0.1) is 0 Å². The lowest BCUT2D eigenvalue weighted by molar-refractivity contribution is 0.614. The Morgan fingerprint density at radius 3 is 2.65 bits per heavy atom. The van der Waals surface area contributed by atoms with Gasteiger partial charge in [-0.1, -0.05) is 30.3 Å². The van der Waals surface area contributed by atoms with E-state index < -0.39 is 0 Å². The van der Waals surface area contributed by atoms with Crippen molar-refractivity contribution in [2.45, 2.75) is 37.1 Å². The smallest absolute Gasteiger partial charge is 0.191 e. The molecule has 2 N–H and O–H groups in total. The van der Waals surface area contributed by atoms with Gasteiger partial charge in [0.25, 0.3) is 0 Å². The van der Waals surface area contributed by atoms with Crippen LogP contribution in [0.1, 0.15) is 24.8 Å². The monoisotopic (exact) mass is 405 g/mol. The molecule has 1 saturated carbocycles. The predicted molar refractivity (Wildman–Crippen MR) is 100 cm³/mol. The summed E-state index contributed by atoms with van der Waals surface area (Å²) in [5.74, 6) is 0.913. The van der Waals surface area contributed by atoms with E-state index >= 15 is 0 Å². The first-order valence-electron chi connectivity index (χ1n) is 6.85. The maximum absolute atomic E-state index is 4.31. The molecule has 20 heavy (non-hydrogen) atoms. The zero-order valence-corrected chi connectivity index (χ0v) is 15.3. The summed E-state index contributed by atoms with van der Waals surface area (Å²) in [7, 11) is 1.83. The molecule has 0 amide bonds. The third-order valence-electron chi connectivity index (χ3n) is 3.59. The molecule has 0 spiro atoms. The number of hydrogen-bond donors (Lipinski definition) is 2. The number of hydrogen-bond acceptors (Lipinski definition) is 2. The highest BCUT2D eigenvalue weighted by Gasteiger charge is 2.24. The number of aliphatic imine (C=N–C) groups is 1. The maximum Gasteiger partial charge on any atom is 0.191 e. The molecule has 1 aliphatic rings. The van der Waals surface area contributed by atoms with E-state index in [4.69, 9.17) is 0 Å². The molecule has 1 aliphatic carbocycles. The van der Waals surface area contributed by atoms with Crippen LogP contribution < -0.4 is 10.6 Å². The Morgan fingerprint density at radius 2 is 2.05 bits per heavy atom. The normalized spacial score (nSPS) is 22.2. The Balaban J connectivity index is 0.00000200. The quantitative estimate of drug-likeness (QED) is 0.459.